The van der Waals surface area contributed by atoms with Gasteiger partial charge in [-0.1, -0.05) is 177 Å². The summed E-state index contributed by atoms with van der Waals surface area (Å²) >= 11 is 0. The molecule has 2 aliphatic rings. The van der Waals surface area contributed by atoms with Crippen molar-refractivity contribution in [2.24, 2.45) is 27.1 Å². The van der Waals surface area contributed by atoms with E-state index in [-0.39, 0.29) is 0 Å². The maximum atomic E-state index is 10.2. The van der Waals surface area contributed by atoms with Crippen LogP contribution in [-0.2, 0) is 31.9 Å². The molecule has 2 aromatic heterocycles. The zero-order chi connectivity index (χ0) is 68.0. The second-order valence-electron chi connectivity index (χ2n) is 28.7. The molecule has 0 spiro atoms. The number of hydrogen-bond acceptors (Lipinski definition) is 2. The molecule has 13 rings (SSSR count). The van der Waals surface area contributed by atoms with Crippen molar-refractivity contribution in [2.45, 2.75) is 136 Å². The molecule has 0 amide bonds. The largest absolute Gasteiger partial charge is 0.311 e. The molecule has 0 N–H and O–H groups in total. The van der Waals surface area contributed by atoms with Gasteiger partial charge in [-0.3, -0.25) is 0 Å². The SMILES string of the molecule is [2H]C([2H])(c1cc2c3c(c1)N(c1ccccc1)c1cc(-n4c5ccc(C([2H])([2H])C(C)(C)C)cc5c5cc(C([2H])([2H])C(C)(C)C)ccc54)ccc1B3c1ccc(-n3c4ccc(C([2H])([2H])C(C)(C)C)cc4c4cc(C([2H])([2H])C(C)(C)C)ccc43)cc1N2c1ccccc1)C(C)(C)C. The molecule has 0 bridgehead atoms. The Kier molecular flexibility index (Phi) is 10.6. The summed E-state index contributed by atoms with van der Waals surface area (Å²) in [6, 6.07) is 61.5. The number of nitrogens with zero attached hydrogens (tertiary/aromatic N) is 4. The van der Waals surface area contributed by atoms with Crippen LogP contribution in [0.3, 0.4) is 0 Å². The van der Waals surface area contributed by atoms with Gasteiger partial charge < -0.3 is 18.9 Å². The van der Waals surface area contributed by atoms with Crippen molar-refractivity contribution >= 4 is 101 Å². The summed E-state index contributed by atoms with van der Waals surface area (Å²) in [5.74, 6) is 0. The van der Waals surface area contributed by atoms with Crippen LogP contribution in [0, 0.1) is 27.1 Å². The predicted molar refractivity (Wildman–Crippen MR) is 365 cm³/mol. The summed E-state index contributed by atoms with van der Waals surface area (Å²) in [5.41, 5.74) is 12.2. The van der Waals surface area contributed by atoms with Gasteiger partial charge in [-0.25, -0.2) is 0 Å². The Balaban J connectivity index is 1.11. The first-order chi connectivity index (χ1) is 43.6. The molecule has 5 heteroatoms. The molecule has 2 aliphatic heterocycles. The minimum Gasteiger partial charge on any atom is -0.311 e. The van der Waals surface area contributed by atoms with Crippen LogP contribution in [0.1, 0.15) is 145 Å². The van der Waals surface area contributed by atoms with Crippen LogP contribution < -0.4 is 26.2 Å². The molecular formula is C79H85BN4. The Morgan fingerprint density at radius 3 is 0.893 bits per heavy atom. The zero-order valence-electron chi connectivity index (χ0n) is 61.7. The van der Waals surface area contributed by atoms with E-state index in [0.717, 1.165) is 105 Å². The van der Waals surface area contributed by atoms with Gasteiger partial charge in [0.1, 0.15) is 0 Å². The highest BCUT2D eigenvalue weighted by molar-refractivity contribution is 7.00. The van der Waals surface area contributed by atoms with E-state index in [1.54, 1.807) is 0 Å². The Labute approximate surface area is 515 Å². The van der Waals surface area contributed by atoms with Crippen LogP contribution >= 0.6 is 0 Å². The Hall–Kier alpha value is -7.76. The Morgan fingerprint density at radius 2 is 0.595 bits per heavy atom. The average molecular weight is 1110 g/mol. The van der Waals surface area contributed by atoms with E-state index in [0.29, 0.717) is 27.8 Å². The highest BCUT2D eigenvalue weighted by Crippen LogP contribution is 2.48. The summed E-state index contributed by atoms with van der Waals surface area (Å²) in [4.78, 5) is 4.59. The van der Waals surface area contributed by atoms with Gasteiger partial charge in [-0.05, 0) is 212 Å². The van der Waals surface area contributed by atoms with Gasteiger partial charge in [0, 0.05) is 80.8 Å². The molecule has 0 unspecified atom stereocenters. The molecule has 424 valence electrons. The lowest BCUT2D eigenvalue weighted by molar-refractivity contribution is 0.411. The minimum atomic E-state index is -1.85. The molecule has 0 fully saturated rings. The zero-order valence-corrected chi connectivity index (χ0v) is 51.7. The van der Waals surface area contributed by atoms with Crippen LogP contribution in [0.5, 0.6) is 0 Å². The van der Waals surface area contributed by atoms with Gasteiger partial charge in [0.2, 0.25) is 0 Å². The maximum Gasteiger partial charge on any atom is 0.252 e. The van der Waals surface area contributed by atoms with Gasteiger partial charge in [0.05, 0.1) is 22.1 Å². The van der Waals surface area contributed by atoms with E-state index in [1.165, 1.54) is 0 Å². The number of anilines is 6. The van der Waals surface area contributed by atoms with E-state index >= 15 is 0 Å². The topological polar surface area (TPSA) is 16.3 Å². The van der Waals surface area contributed by atoms with Crippen molar-refractivity contribution < 1.29 is 13.7 Å². The number of fused-ring (bicyclic) bond motifs is 10. The van der Waals surface area contributed by atoms with Crippen LogP contribution in [-0.4, -0.2) is 15.8 Å². The second kappa shape index (κ2) is 19.9. The molecule has 0 aliphatic carbocycles. The van der Waals surface area contributed by atoms with E-state index < -0.39 is 65.7 Å². The summed E-state index contributed by atoms with van der Waals surface area (Å²) in [5, 5.41) is 3.25. The fraction of sp³-hybridized carbons (Fsp3) is 0.316. The molecule has 0 saturated carbocycles. The molecular weight excluding hydrogens is 1020 g/mol. The summed E-state index contributed by atoms with van der Waals surface area (Å²) in [7, 11) is 0. The number of hydrogen-bond donors (Lipinski definition) is 0. The monoisotopic (exact) mass is 1110 g/mol. The third kappa shape index (κ3) is 10.4. The minimum absolute atomic E-state index is 0.391. The number of para-hydroxylation sites is 2. The fourth-order valence-corrected chi connectivity index (χ4v) is 13.1. The van der Waals surface area contributed by atoms with Crippen molar-refractivity contribution in [2.75, 3.05) is 9.80 Å². The van der Waals surface area contributed by atoms with Crippen LogP contribution in [0.4, 0.5) is 34.1 Å². The fourth-order valence-electron chi connectivity index (χ4n) is 13.1. The quantitative estimate of drug-likeness (QED) is 0.134. The van der Waals surface area contributed by atoms with E-state index in [4.69, 9.17) is 0 Å². The number of aromatic nitrogens is 2. The normalized spacial score (nSPS) is 16.4. The molecule has 84 heavy (non-hydrogen) atoms. The maximum absolute atomic E-state index is 10.2. The van der Waals surface area contributed by atoms with E-state index in [1.807, 2.05) is 213 Å². The molecule has 0 radical (unpaired) electrons. The number of benzene rings is 9. The van der Waals surface area contributed by atoms with Crippen LogP contribution in [0.25, 0.3) is 55.0 Å². The predicted octanol–water partition coefficient (Wildman–Crippen LogP) is 19.9. The van der Waals surface area contributed by atoms with Gasteiger partial charge in [-0.2, -0.15) is 0 Å². The third-order valence-corrected chi connectivity index (χ3v) is 15.7. The lowest BCUT2D eigenvalue weighted by Crippen LogP contribution is -2.61. The molecule has 4 nitrogen and oxygen atoms in total. The molecule has 4 heterocycles. The standard InChI is InChI=1S/C79H85BN4/c1-75(2,3)46-51-26-34-66-60(38-51)61-39-52(47-76(4,5)6)27-35-67(61)83(66)58-30-32-64-70(44-58)81(56-22-18-16-19-23-56)72-42-55(50-79(13,14)15)43-73-74(72)80(64)65-33-31-59(45-71(65)82(73)57-24-20-17-21-25-57)84-68-36-28-53(48-77(7,8)9)40-62(68)63-41-54(29-37-69(63)84)49-78(10,11)12/h16-45H,46-50H2,1-15H3/i46D2,47D2,48D2,49D2,50D2. The van der Waals surface area contributed by atoms with Gasteiger partial charge in [0.25, 0.3) is 6.71 Å². The highest BCUT2D eigenvalue weighted by Gasteiger charge is 2.44. The average Bonchev–Trinajstić information content (AvgIpc) is 0.819. The first-order valence-corrected chi connectivity index (χ1v) is 30.0. The summed E-state index contributed by atoms with van der Waals surface area (Å²) in [6.07, 6.45) is -8.67. The Morgan fingerprint density at radius 1 is 0.298 bits per heavy atom. The van der Waals surface area contributed by atoms with Crippen molar-refractivity contribution in [1.82, 2.24) is 9.13 Å². The van der Waals surface area contributed by atoms with E-state index in [9.17, 15) is 13.7 Å². The first-order valence-electron chi connectivity index (χ1n) is 35.0. The Bertz CT molecular complexity index is 4420. The van der Waals surface area contributed by atoms with E-state index in [2.05, 4.69) is 91.7 Å². The first kappa shape index (κ1) is 44.7. The smallest absolute Gasteiger partial charge is 0.252 e. The van der Waals surface area contributed by atoms with Crippen molar-refractivity contribution in [1.29, 1.82) is 0 Å². The number of rotatable bonds is 9. The molecule has 11 aromatic rings. The van der Waals surface area contributed by atoms with Crippen molar-refractivity contribution in [3.05, 3.63) is 210 Å². The van der Waals surface area contributed by atoms with Crippen molar-refractivity contribution in [3.63, 3.8) is 0 Å². The summed E-state index contributed by atoms with van der Waals surface area (Å²) < 4.78 is 100. The highest BCUT2D eigenvalue weighted by atomic mass is 15.2. The molecule has 0 saturated heterocycles. The van der Waals surface area contributed by atoms with Crippen LogP contribution in [0.15, 0.2) is 182 Å². The van der Waals surface area contributed by atoms with Gasteiger partial charge >= 0.3 is 0 Å². The van der Waals surface area contributed by atoms with Crippen LogP contribution in [0.2, 0.25) is 0 Å². The molecule has 0 atom stereocenters. The lowest BCUT2D eigenvalue weighted by Gasteiger charge is -2.45. The van der Waals surface area contributed by atoms with Gasteiger partial charge in [0.15, 0.2) is 0 Å². The van der Waals surface area contributed by atoms with Crippen molar-refractivity contribution in [3.8, 4) is 11.4 Å². The third-order valence-electron chi connectivity index (χ3n) is 15.7. The molecule has 9 aromatic carbocycles. The summed E-state index contributed by atoms with van der Waals surface area (Å²) in [6.45, 7) is 28.4. The second-order valence-corrected chi connectivity index (χ2v) is 28.7. The van der Waals surface area contributed by atoms with Gasteiger partial charge in [-0.15, -0.1) is 0 Å². The lowest BCUT2D eigenvalue weighted by atomic mass is 9.33.